The molecule has 104 valence electrons. The Bertz CT molecular complexity index is 490. The van der Waals surface area contributed by atoms with E-state index in [0.717, 1.165) is 0 Å². The van der Waals surface area contributed by atoms with Crippen molar-refractivity contribution in [3.8, 4) is 5.75 Å². The molecule has 1 aromatic carbocycles. The predicted molar refractivity (Wildman–Crippen MR) is 74.5 cm³/mol. The number of rotatable bonds is 3. The Kier molecular flexibility index (Phi) is 4.53. The SMILES string of the molecule is COc1ccc(NC(C)=O)cc1C(=O)NC(C)(C)C. The average molecular weight is 264 g/mol. The van der Waals surface area contributed by atoms with E-state index in [0.29, 0.717) is 17.0 Å². The summed E-state index contributed by atoms with van der Waals surface area (Å²) in [6.45, 7) is 7.11. The number of carbonyl (C=O) groups is 2. The number of anilines is 1. The topological polar surface area (TPSA) is 67.4 Å². The highest BCUT2D eigenvalue weighted by molar-refractivity contribution is 5.99. The molecule has 0 aromatic heterocycles. The Morgan fingerprint density at radius 3 is 2.32 bits per heavy atom. The Morgan fingerprint density at radius 2 is 1.84 bits per heavy atom. The molecule has 0 aliphatic heterocycles. The minimum Gasteiger partial charge on any atom is -0.496 e. The molecule has 0 saturated heterocycles. The molecule has 5 nitrogen and oxygen atoms in total. The van der Waals surface area contributed by atoms with E-state index in [1.807, 2.05) is 20.8 Å². The predicted octanol–water partition coefficient (Wildman–Crippen LogP) is 2.18. The van der Waals surface area contributed by atoms with Crippen molar-refractivity contribution >= 4 is 17.5 Å². The lowest BCUT2D eigenvalue weighted by Gasteiger charge is -2.21. The van der Waals surface area contributed by atoms with Gasteiger partial charge < -0.3 is 15.4 Å². The van der Waals surface area contributed by atoms with Gasteiger partial charge in [-0.15, -0.1) is 0 Å². The monoisotopic (exact) mass is 264 g/mol. The second-order valence-electron chi connectivity index (χ2n) is 5.30. The summed E-state index contributed by atoms with van der Waals surface area (Å²) in [4.78, 5) is 23.2. The van der Waals surface area contributed by atoms with Crippen LogP contribution in [0.5, 0.6) is 5.75 Å². The van der Waals surface area contributed by atoms with Crippen molar-refractivity contribution in [3.63, 3.8) is 0 Å². The minimum atomic E-state index is -0.341. The quantitative estimate of drug-likeness (QED) is 0.879. The van der Waals surface area contributed by atoms with Crippen LogP contribution in [0.3, 0.4) is 0 Å². The van der Waals surface area contributed by atoms with Gasteiger partial charge in [-0.25, -0.2) is 0 Å². The Hall–Kier alpha value is -2.04. The number of benzene rings is 1. The fourth-order valence-corrected chi connectivity index (χ4v) is 1.57. The fraction of sp³-hybridized carbons (Fsp3) is 0.429. The number of ether oxygens (including phenoxy) is 1. The molecule has 2 N–H and O–H groups in total. The molecule has 19 heavy (non-hydrogen) atoms. The smallest absolute Gasteiger partial charge is 0.255 e. The first kappa shape index (κ1) is 15.0. The molecule has 5 heteroatoms. The van der Waals surface area contributed by atoms with Crippen LogP contribution in [0.25, 0.3) is 0 Å². The second kappa shape index (κ2) is 5.73. The standard InChI is InChI=1S/C14H20N2O3/c1-9(17)15-10-6-7-12(19-5)11(8-10)13(18)16-14(2,3)4/h6-8H,1-5H3,(H,15,17)(H,16,18). The molecule has 0 spiro atoms. The normalized spacial score (nSPS) is 10.8. The van der Waals surface area contributed by atoms with E-state index in [2.05, 4.69) is 10.6 Å². The van der Waals surface area contributed by atoms with Crippen molar-refractivity contribution < 1.29 is 14.3 Å². The number of nitrogens with one attached hydrogen (secondary N) is 2. The van der Waals surface area contributed by atoms with Gasteiger partial charge in [0.25, 0.3) is 5.91 Å². The highest BCUT2D eigenvalue weighted by Gasteiger charge is 2.19. The number of methoxy groups -OCH3 is 1. The number of hydrogen-bond donors (Lipinski definition) is 2. The van der Waals surface area contributed by atoms with E-state index in [9.17, 15) is 9.59 Å². The van der Waals surface area contributed by atoms with Gasteiger partial charge in [-0.3, -0.25) is 9.59 Å². The van der Waals surface area contributed by atoms with Gasteiger partial charge in [0.15, 0.2) is 0 Å². The average Bonchev–Trinajstić information content (AvgIpc) is 2.25. The molecule has 0 radical (unpaired) electrons. The van der Waals surface area contributed by atoms with Gasteiger partial charge in [0, 0.05) is 18.2 Å². The second-order valence-corrected chi connectivity index (χ2v) is 5.30. The Balaban J connectivity index is 3.08. The van der Waals surface area contributed by atoms with Gasteiger partial charge in [0.1, 0.15) is 5.75 Å². The zero-order valence-electron chi connectivity index (χ0n) is 12.0. The maximum atomic E-state index is 12.2. The molecule has 0 saturated carbocycles. The van der Waals surface area contributed by atoms with Crippen molar-refractivity contribution in [3.05, 3.63) is 23.8 Å². The third kappa shape index (κ3) is 4.62. The molecule has 1 aromatic rings. The maximum Gasteiger partial charge on any atom is 0.255 e. The van der Waals surface area contributed by atoms with E-state index < -0.39 is 0 Å². The highest BCUT2D eigenvalue weighted by Crippen LogP contribution is 2.23. The first-order chi connectivity index (χ1) is 8.73. The van der Waals surface area contributed by atoms with E-state index in [-0.39, 0.29) is 17.4 Å². The third-order valence-electron chi connectivity index (χ3n) is 2.25. The summed E-state index contributed by atoms with van der Waals surface area (Å²) >= 11 is 0. The molecule has 0 atom stereocenters. The zero-order valence-corrected chi connectivity index (χ0v) is 12.0. The first-order valence-electron chi connectivity index (χ1n) is 6.01. The number of amides is 2. The van der Waals surface area contributed by atoms with Crippen LogP contribution >= 0.6 is 0 Å². The van der Waals surface area contributed by atoms with Gasteiger partial charge in [-0.05, 0) is 39.0 Å². The van der Waals surface area contributed by atoms with Crippen LogP contribution in [-0.2, 0) is 4.79 Å². The molecule has 0 fully saturated rings. The van der Waals surface area contributed by atoms with E-state index in [1.54, 1.807) is 18.2 Å². The van der Waals surface area contributed by atoms with Gasteiger partial charge in [0.05, 0.1) is 12.7 Å². The lowest BCUT2D eigenvalue weighted by Crippen LogP contribution is -2.40. The largest absolute Gasteiger partial charge is 0.496 e. The van der Waals surface area contributed by atoms with Crippen LogP contribution in [0.15, 0.2) is 18.2 Å². The Labute approximate surface area is 113 Å². The summed E-state index contributed by atoms with van der Waals surface area (Å²) in [5.41, 5.74) is 0.613. The van der Waals surface area contributed by atoms with Crippen LogP contribution < -0.4 is 15.4 Å². The molecule has 0 heterocycles. The van der Waals surface area contributed by atoms with Crippen LogP contribution in [0.4, 0.5) is 5.69 Å². The van der Waals surface area contributed by atoms with Crippen LogP contribution in [0, 0.1) is 0 Å². The van der Waals surface area contributed by atoms with Crippen LogP contribution in [0.1, 0.15) is 38.1 Å². The highest BCUT2D eigenvalue weighted by atomic mass is 16.5. The molecule has 0 aliphatic rings. The summed E-state index contributed by atoms with van der Waals surface area (Å²) in [6.07, 6.45) is 0. The van der Waals surface area contributed by atoms with Crippen molar-refractivity contribution in [1.29, 1.82) is 0 Å². The minimum absolute atomic E-state index is 0.188. The van der Waals surface area contributed by atoms with Crippen LogP contribution in [-0.4, -0.2) is 24.5 Å². The Morgan fingerprint density at radius 1 is 1.21 bits per heavy atom. The molecule has 1 rings (SSSR count). The lowest BCUT2D eigenvalue weighted by molar-refractivity contribution is -0.114. The molecular formula is C14H20N2O3. The first-order valence-corrected chi connectivity index (χ1v) is 6.01. The fourth-order valence-electron chi connectivity index (χ4n) is 1.57. The zero-order chi connectivity index (χ0) is 14.6. The number of carbonyl (C=O) groups excluding carboxylic acids is 2. The van der Waals surface area contributed by atoms with Crippen molar-refractivity contribution in [2.75, 3.05) is 12.4 Å². The molecule has 0 unspecified atom stereocenters. The van der Waals surface area contributed by atoms with Crippen LogP contribution in [0.2, 0.25) is 0 Å². The van der Waals surface area contributed by atoms with E-state index in [1.165, 1.54) is 14.0 Å². The van der Waals surface area contributed by atoms with Crippen molar-refractivity contribution in [1.82, 2.24) is 5.32 Å². The van der Waals surface area contributed by atoms with Crippen molar-refractivity contribution in [2.24, 2.45) is 0 Å². The van der Waals surface area contributed by atoms with Crippen molar-refractivity contribution in [2.45, 2.75) is 33.2 Å². The van der Waals surface area contributed by atoms with Gasteiger partial charge in [0.2, 0.25) is 5.91 Å². The van der Waals surface area contributed by atoms with Gasteiger partial charge in [-0.2, -0.15) is 0 Å². The summed E-state index contributed by atoms with van der Waals surface area (Å²) in [7, 11) is 1.50. The van der Waals surface area contributed by atoms with E-state index in [4.69, 9.17) is 4.74 Å². The van der Waals surface area contributed by atoms with E-state index >= 15 is 0 Å². The van der Waals surface area contributed by atoms with Gasteiger partial charge >= 0.3 is 0 Å². The summed E-state index contributed by atoms with van der Waals surface area (Å²) in [5.74, 6) is 0.0414. The maximum absolute atomic E-state index is 12.2. The molecule has 0 bridgehead atoms. The summed E-state index contributed by atoms with van der Waals surface area (Å²) < 4.78 is 5.17. The summed E-state index contributed by atoms with van der Waals surface area (Å²) in [6, 6.07) is 4.94. The molecular weight excluding hydrogens is 244 g/mol. The van der Waals surface area contributed by atoms with Gasteiger partial charge in [-0.1, -0.05) is 0 Å². The number of hydrogen-bond acceptors (Lipinski definition) is 3. The lowest BCUT2D eigenvalue weighted by atomic mass is 10.1. The molecule has 0 aliphatic carbocycles. The summed E-state index contributed by atoms with van der Waals surface area (Å²) in [5, 5.41) is 5.50. The molecule has 2 amide bonds. The third-order valence-corrected chi connectivity index (χ3v) is 2.25.